The van der Waals surface area contributed by atoms with Crippen molar-refractivity contribution in [2.75, 3.05) is 0 Å². The van der Waals surface area contributed by atoms with Crippen LogP contribution >= 0.6 is 0 Å². The van der Waals surface area contributed by atoms with E-state index in [0.29, 0.717) is 0 Å². The molecule has 0 amide bonds. The molecule has 0 aliphatic carbocycles. The van der Waals surface area contributed by atoms with Gasteiger partial charge in [0.05, 0.1) is 8.07 Å². The van der Waals surface area contributed by atoms with E-state index in [4.69, 9.17) is 0 Å². The second-order valence-electron chi connectivity index (χ2n) is 5.41. The van der Waals surface area contributed by atoms with Gasteiger partial charge in [-0.15, -0.1) is 35.9 Å². The van der Waals surface area contributed by atoms with Crippen LogP contribution in [-0.2, 0) is 20.1 Å². The van der Waals surface area contributed by atoms with Crippen molar-refractivity contribution < 1.29 is 20.1 Å². The van der Waals surface area contributed by atoms with Crippen molar-refractivity contribution in [1.29, 1.82) is 0 Å². The molecule has 0 bridgehead atoms. The first-order valence-electron chi connectivity index (χ1n) is 5.93. The number of aromatic nitrogens is 1. The molecule has 0 saturated carbocycles. The molecule has 3 heteroatoms. The Morgan fingerprint density at radius 1 is 1.17 bits per heavy atom. The molecule has 1 nitrogen and oxygen atoms in total. The number of nitrogens with zero attached hydrogens (tertiary/aromatic N) is 1. The third-order valence-electron chi connectivity index (χ3n) is 2.90. The molecule has 1 radical (unpaired) electrons. The smallest absolute Gasteiger partial charge is 0.0798 e. The van der Waals surface area contributed by atoms with Gasteiger partial charge < -0.3 is 4.98 Å². The summed E-state index contributed by atoms with van der Waals surface area (Å²) in [4.78, 5) is 4.58. The monoisotopic (exact) mass is 433 g/mol. The summed E-state index contributed by atoms with van der Waals surface area (Å²) in [5.41, 5.74) is 3.44. The van der Waals surface area contributed by atoms with Gasteiger partial charge in [-0.3, -0.25) is 0 Å². The summed E-state index contributed by atoms with van der Waals surface area (Å²) in [6, 6.07) is 13.4. The van der Waals surface area contributed by atoms with Crippen LogP contribution in [0.1, 0.15) is 5.56 Å². The molecule has 2 rings (SSSR count). The Balaban J connectivity index is 0.00000162. The SMILES string of the molecule is Cc1cc(-c2[c-]cccc2)ncc1[Si](C)(C)C.[Ir]. The minimum atomic E-state index is -1.27. The molecule has 0 aliphatic heterocycles. The van der Waals surface area contributed by atoms with Crippen LogP contribution in [0.4, 0.5) is 0 Å². The molecule has 0 saturated heterocycles. The van der Waals surface area contributed by atoms with Crippen molar-refractivity contribution in [3.8, 4) is 11.3 Å². The zero-order valence-electron chi connectivity index (χ0n) is 11.2. The minimum absolute atomic E-state index is 0. The third-order valence-corrected chi connectivity index (χ3v) is 5.04. The molecule has 1 aromatic heterocycles. The van der Waals surface area contributed by atoms with Crippen LogP contribution in [0.2, 0.25) is 19.6 Å². The van der Waals surface area contributed by atoms with Crippen molar-refractivity contribution in [3.63, 3.8) is 0 Å². The van der Waals surface area contributed by atoms with Gasteiger partial charge >= 0.3 is 0 Å². The summed E-state index contributed by atoms with van der Waals surface area (Å²) in [7, 11) is -1.27. The Morgan fingerprint density at radius 3 is 2.39 bits per heavy atom. The Kier molecular flexibility index (Phi) is 5.03. The van der Waals surface area contributed by atoms with Gasteiger partial charge in [-0.2, -0.15) is 0 Å². The van der Waals surface area contributed by atoms with Crippen molar-refractivity contribution >= 4 is 13.3 Å². The zero-order chi connectivity index (χ0) is 12.5. The first kappa shape index (κ1) is 15.3. The first-order valence-corrected chi connectivity index (χ1v) is 9.43. The number of pyridine rings is 1. The predicted molar refractivity (Wildman–Crippen MR) is 76.2 cm³/mol. The molecule has 0 N–H and O–H groups in total. The summed E-state index contributed by atoms with van der Waals surface area (Å²) in [6.45, 7) is 9.24. The van der Waals surface area contributed by atoms with E-state index in [1.54, 1.807) is 0 Å². The van der Waals surface area contributed by atoms with Crippen molar-refractivity contribution in [2.45, 2.75) is 26.6 Å². The molecule has 2 aromatic rings. The van der Waals surface area contributed by atoms with Crippen LogP contribution in [-0.4, -0.2) is 13.1 Å². The zero-order valence-corrected chi connectivity index (χ0v) is 14.6. The Morgan fingerprint density at radius 2 is 1.89 bits per heavy atom. The number of rotatable bonds is 2. The maximum Gasteiger partial charge on any atom is 0.0798 e. The normalized spacial score (nSPS) is 10.9. The standard InChI is InChI=1S/C15H18NSi.Ir/c1-12-10-14(13-8-6-5-7-9-13)16-11-15(12)17(2,3)4;/h5-8,10-11H,1-4H3;/q-1;. The molecule has 97 valence electrons. The van der Waals surface area contributed by atoms with Crippen LogP contribution in [0.15, 0.2) is 36.5 Å². The summed E-state index contributed by atoms with van der Waals surface area (Å²) >= 11 is 0. The quantitative estimate of drug-likeness (QED) is 0.524. The molecule has 0 spiro atoms. The van der Waals surface area contributed by atoms with Crippen LogP contribution in [0, 0.1) is 13.0 Å². The molecule has 18 heavy (non-hydrogen) atoms. The van der Waals surface area contributed by atoms with Gasteiger partial charge in [0.1, 0.15) is 0 Å². The van der Waals surface area contributed by atoms with Crippen LogP contribution in [0.5, 0.6) is 0 Å². The fourth-order valence-corrected chi connectivity index (χ4v) is 3.75. The largest absolute Gasteiger partial charge is 0.305 e. The topological polar surface area (TPSA) is 12.9 Å². The maximum absolute atomic E-state index is 4.58. The molecule has 1 aromatic carbocycles. The molecule has 0 aliphatic rings. The summed E-state index contributed by atoms with van der Waals surface area (Å²) < 4.78 is 0. The van der Waals surface area contributed by atoms with E-state index in [1.807, 2.05) is 18.2 Å². The van der Waals surface area contributed by atoms with Crippen molar-refractivity contribution in [2.24, 2.45) is 0 Å². The Labute approximate surface area is 124 Å². The van der Waals surface area contributed by atoms with Gasteiger partial charge in [0, 0.05) is 26.3 Å². The Bertz CT molecular complexity index is 518. The fraction of sp³-hybridized carbons (Fsp3) is 0.267. The minimum Gasteiger partial charge on any atom is -0.305 e. The van der Waals surface area contributed by atoms with Crippen molar-refractivity contribution in [3.05, 3.63) is 48.2 Å². The van der Waals surface area contributed by atoms with E-state index in [2.05, 4.69) is 55.9 Å². The molecular formula is C15H18IrNSi-. The molecule has 0 unspecified atom stereocenters. The van der Waals surface area contributed by atoms with E-state index in [0.717, 1.165) is 11.3 Å². The van der Waals surface area contributed by atoms with Gasteiger partial charge in [0.2, 0.25) is 0 Å². The van der Waals surface area contributed by atoms with E-state index in [-0.39, 0.29) is 20.1 Å². The first-order chi connectivity index (χ1) is 7.98. The van der Waals surface area contributed by atoms with E-state index in [1.165, 1.54) is 10.8 Å². The van der Waals surface area contributed by atoms with Crippen LogP contribution < -0.4 is 5.19 Å². The number of benzene rings is 1. The fourth-order valence-electron chi connectivity index (χ4n) is 2.04. The van der Waals surface area contributed by atoms with E-state index < -0.39 is 8.07 Å². The third kappa shape index (κ3) is 3.38. The molecule has 0 atom stereocenters. The average Bonchev–Trinajstić information content (AvgIpc) is 2.28. The van der Waals surface area contributed by atoms with Gasteiger partial charge in [-0.05, 0) is 17.8 Å². The average molecular weight is 433 g/mol. The van der Waals surface area contributed by atoms with Crippen LogP contribution in [0.3, 0.4) is 0 Å². The van der Waals surface area contributed by atoms with Crippen LogP contribution in [0.25, 0.3) is 11.3 Å². The van der Waals surface area contributed by atoms with Gasteiger partial charge in [0.15, 0.2) is 0 Å². The van der Waals surface area contributed by atoms with Crippen molar-refractivity contribution in [1.82, 2.24) is 4.98 Å². The molecule has 1 heterocycles. The number of aryl methyl sites for hydroxylation is 1. The van der Waals surface area contributed by atoms with E-state index in [9.17, 15) is 0 Å². The predicted octanol–water partition coefficient (Wildman–Crippen LogP) is 3.40. The Hall–Kier alpha value is -0.764. The number of hydrogen-bond donors (Lipinski definition) is 0. The second kappa shape index (κ2) is 5.92. The molecule has 0 fully saturated rings. The molecular weight excluding hydrogens is 414 g/mol. The summed E-state index contributed by atoms with van der Waals surface area (Å²) in [6.07, 6.45) is 2.05. The summed E-state index contributed by atoms with van der Waals surface area (Å²) in [5, 5.41) is 1.44. The summed E-state index contributed by atoms with van der Waals surface area (Å²) in [5.74, 6) is 0. The van der Waals surface area contributed by atoms with E-state index >= 15 is 0 Å². The maximum atomic E-state index is 4.58. The number of hydrogen-bond acceptors (Lipinski definition) is 1. The van der Waals surface area contributed by atoms with Gasteiger partial charge in [-0.25, -0.2) is 0 Å². The van der Waals surface area contributed by atoms with Gasteiger partial charge in [-0.1, -0.05) is 31.3 Å². The second-order valence-corrected chi connectivity index (χ2v) is 10.4. The van der Waals surface area contributed by atoms with Gasteiger partial charge in [0.25, 0.3) is 0 Å².